The van der Waals surface area contributed by atoms with Crippen molar-refractivity contribution in [1.82, 2.24) is 0 Å². The summed E-state index contributed by atoms with van der Waals surface area (Å²) in [6.45, 7) is 11.5. The van der Waals surface area contributed by atoms with E-state index in [1.54, 1.807) is 0 Å². The molecule has 23 heavy (non-hydrogen) atoms. The van der Waals surface area contributed by atoms with E-state index < -0.39 is 8.32 Å². The first-order valence-corrected chi connectivity index (χ1v) is 12.1. The first kappa shape index (κ1) is 18.8. The Hall–Kier alpha value is -0.563. The Balaban J connectivity index is 2.15. The Kier molecular flexibility index (Phi) is 6.16. The van der Waals surface area contributed by atoms with Crippen molar-refractivity contribution >= 4 is 8.32 Å². The largest absolute Gasteiger partial charge is 0.403 e. The van der Waals surface area contributed by atoms with Crippen molar-refractivity contribution < 1.29 is 9.53 Å². The summed E-state index contributed by atoms with van der Waals surface area (Å²) in [5, 5.41) is 10.2. The topological polar surface area (TPSA) is 29.5 Å². The molecule has 0 bridgehead atoms. The normalized spacial score (nSPS) is 27.6. The smallest absolute Gasteiger partial charge is 0.193 e. The lowest BCUT2D eigenvalue weighted by Crippen LogP contribution is -2.45. The molecule has 3 atom stereocenters. The summed E-state index contributed by atoms with van der Waals surface area (Å²) < 4.78 is 6.70. The second-order valence-electron chi connectivity index (χ2n) is 8.74. The van der Waals surface area contributed by atoms with Crippen molar-refractivity contribution in [1.29, 1.82) is 0 Å². The van der Waals surface area contributed by atoms with Crippen LogP contribution in [0.4, 0.5) is 0 Å². The maximum atomic E-state index is 9.98. The van der Waals surface area contributed by atoms with E-state index in [1.807, 2.05) is 12.2 Å². The summed E-state index contributed by atoms with van der Waals surface area (Å²) in [4.78, 5) is 0. The van der Waals surface area contributed by atoms with E-state index in [1.165, 1.54) is 32.1 Å². The molecule has 130 valence electrons. The van der Waals surface area contributed by atoms with Crippen molar-refractivity contribution in [3.8, 4) is 11.8 Å². The van der Waals surface area contributed by atoms with E-state index >= 15 is 0 Å². The standard InChI is InChI=1S/C20H34O2Si/c1-20(2,3)23(4,5)22-19(17-10-7-6-8-11-17)15-14-16-12-9-13-18(16)21/h9,12,16-19,21H,6-8,10-11,13H2,1-5H3/t16-,18-,19?/m1/s1. The minimum absolute atomic E-state index is 0.0101. The zero-order valence-corrected chi connectivity index (χ0v) is 16.6. The molecule has 0 heterocycles. The van der Waals surface area contributed by atoms with Crippen LogP contribution in [0.3, 0.4) is 0 Å². The van der Waals surface area contributed by atoms with Gasteiger partial charge in [-0.15, -0.1) is 0 Å². The molecule has 1 fully saturated rings. The fraction of sp³-hybridized carbons (Fsp3) is 0.800. The van der Waals surface area contributed by atoms with Crippen molar-refractivity contribution in [3.63, 3.8) is 0 Å². The SMILES string of the molecule is CC(C)(C)[Si](C)(C)OC(C#C[C@H]1C=CC[C@H]1O)C1CCCCC1. The van der Waals surface area contributed by atoms with E-state index in [0.717, 1.165) is 6.42 Å². The van der Waals surface area contributed by atoms with Gasteiger partial charge < -0.3 is 9.53 Å². The average Bonchev–Trinajstić information content (AvgIpc) is 2.88. The average molecular weight is 335 g/mol. The van der Waals surface area contributed by atoms with E-state index in [0.29, 0.717) is 5.92 Å². The fourth-order valence-electron chi connectivity index (χ4n) is 3.14. The number of rotatable bonds is 3. The van der Waals surface area contributed by atoms with Gasteiger partial charge in [0.2, 0.25) is 0 Å². The molecule has 0 aromatic heterocycles. The summed E-state index contributed by atoms with van der Waals surface area (Å²) >= 11 is 0. The molecule has 0 saturated heterocycles. The Bertz CT molecular complexity index is 472. The van der Waals surface area contributed by atoms with Gasteiger partial charge >= 0.3 is 0 Å². The van der Waals surface area contributed by atoms with Gasteiger partial charge in [-0.1, -0.05) is 64.0 Å². The monoisotopic (exact) mass is 334 g/mol. The van der Waals surface area contributed by atoms with Crippen LogP contribution < -0.4 is 0 Å². The zero-order chi connectivity index (χ0) is 17.1. The molecular formula is C20H34O2Si. The van der Waals surface area contributed by atoms with Crippen LogP contribution in [0.15, 0.2) is 12.2 Å². The van der Waals surface area contributed by atoms with E-state index in [2.05, 4.69) is 45.7 Å². The molecule has 2 nitrogen and oxygen atoms in total. The van der Waals surface area contributed by atoms with Gasteiger partial charge in [-0.2, -0.15) is 0 Å². The third kappa shape index (κ3) is 4.95. The number of aliphatic hydroxyl groups excluding tert-OH is 1. The van der Waals surface area contributed by atoms with Gasteiger partial charge in [0, 0.05) is 0 Å². The van der Waals surface area contributed by atoms with Crippen LogP contribution in [-0.4, -0.2) is 25.6 Å². The predicted molar refractivity (Wildman–Crippen MR) is 99.7 cm³/mol. The molecule has 1 N–H and O–H groups in total. The fourth-order valence-corrected chi connectivity index (χ4v) is 4.38. The Morgan fingerprint density at radius 2 is 1.83 bits per heavy atom. The summed E-state index contributed by atoms with van der Waals surface area (Å²) in [5.74, 6) is 7.31. The van der Waals surface area contributed by atoms with Crippen molar-refractivity contribution in [3.05, 3.63) is 12.2 Å². The summed E-state index contributed by atoms with van der Waals surface area (Å²) in [5.41, 5.74) is 0. The van der Waals surface area contributed by atoms with Gasteiger partial charge in [0.15, 0.2) is 8.32 Å². The Morgan fingerprint density at radius 3 is 2.35 bits per heavy atom. The molecule has 1 unspecified atom stereocenters. The molecule has 2 rings (SSSR count). The molecule has 2 aliphatic rings. The highest BCUT2D eigenvalue weighted by atomic mass is 28.4. The minimum Gasteiger partial charge on any atom is -0.403 e. The third-order valence-electron chi connectivity index (χ3n) is 5.83. The van der Waals surface area contributed by atoms with Gasteiger partial charge in [0.1, 0.15) is 6.10 Å². The first-order valence-electron chi connectivity index (χ1n) is 9.24. The van der Waals surface area contributed by atoms with Crippen LogP contribution in [0.1, 0.15) is 59.3 Å². The summed E-state index contributed by atoms with van der Waals surface area (Å²) in [6.07, 6.45) is 10.9. The van der Waals surface area contributed by atoms with Crippen LogP contribution in [0.2, 0.25) is 18.1 Å². The second-order valence-corrected chi connectivity index (χ2v) is 13.5. The molecule has 0 radical (unpaired) electrons. The van der Waals surface area contributed by atoms with Crippen molar-refractivity contribution in [2.75, 3.05) is 0 Å². The van der Waals surface area contributed by atoms with E-state index in [9.17, 15) is 5.11 Å². The highest BCUT2D eigenvalue weighted by Crippen LogP contribution is 2.39. The Morgan fingerprint density at radius 1 is 1.17 bits per heavy atom. The lowest BCUT2D eigenvalue weighted by atomic mass is 9.85. The number of hydrogen-bond acceptors (Lipinski definition) is 2. The van der Waals surface area contributed by atoms with Crippen LogP contribution in [0.5, 0.6) is 0 Å². The summed E-state index contributed by atoms with van der Waals surface area (Å²) in [7, 11) is -1.83. The predicted octanol–water partition coefficient (Wildman–Crippen LogP) is 4.90. The molecule has 2 aliphatic carbocycles. The molecule has 0 aromatic rings. The Labute approximate surface area is 143 Å². The quantitative estimate of drug-likeness (QED) is 0.452. The van der Waals surface area contributed by atoms with Crippen molar-refractivity contribution in [2.45, 2.75) is 89.6 Å². The van der Waals surface area contributed by atoms with Crippen LogP contribution in [0, 0.1) is 23.7 Å². The van der Waals surface area contributed by atoms with Crippen LogP contribution in [0.25, 0.3) is 0 Å². The first-order chi connectivity index (χ1) is 10.7. The van der Waals surface area contributed by atoms with Gasteiger partial charge in [0.25, 0.3) is 0 Å². The molecule has 3 heteroatoms. The highest BCUT2D eigenvalue weighted by Gasteiger charge is 2.40. The molecule has 0 spiro atoms. The van der Waals surface area contributed by atoms with E-state index in [-0.39, 0.29) is 23.2 Å². The lowest BCUT2D eigenvalue weighted by Gasteiger charge is -2.40. The van der Waals surface area contributed by atoms with Gasteiger partial charge in [-0.05, 0) is 43.3 Å². The molecule has 0 aromatic carbocycles. The molecule has 0 aliphatic heterocycles. The maximum absolute atomic E-state index is 9.98. The highest BCUT2D eigenvalue weighted by molar-refractivity contribution is 6.74. The van der Waals surface area contributed by atoms with Gasteiger partial charge in [-0.3, -0.25) is 0 Å². The van der Waals surface area contributed by atoms with Crippen LogP contribution in [-0.2, 0) is 4.43 Å². The maximum Gasteiger partial charge on any atom is 0.193 e. The van der Waals surface area contributed by atoms with Gasteiger partial charge in [0.05, 0.1) is 12.0 Å². The molecule has 1 saturated carbocycles. The van der Waals surface area contributed by atoms with Gasteiger partial charge in [-0.25, -0.2) is 0 Å². The van der Waals surface area contributed by atoms with Crippen molar-refractivity contribution in [2.24, 2.45) is 11.8 Å². The second kappa shape index (κ2) is 7.55. The number of hydrogen-bond donors (Lipinski definition) is 1. The third-order valence-corrected chi connectivity index (χ3v) is 10.3. The van der Waals surface area contributed by atoms with E-state index in [4.69, 9.17) is 4.43 Å². The number of aliphatic hydroxyl groups is 1. The lowest BCUT2D eigenvalue weighted by molar-refractivity contribution is 0.138. The molecule has 0 amide bonds. The minimum atomic E-state index is -1.83. The molecular weight excluding hydrogens is 300 g/mol. The zero-order valence-electron chi connectivity index (χ0n) is 15.6. The summed E-state index contributed by atoms with van der Waals surface area (Å²) in [6, 6.07) is 0. The van der Waals surface area contributed by atoms with Crippen LogP contribution >= 0.6 is 0 Å².